The molecular formula is C11H12F2N4O2S. The van der Waals surface area contributed by atoms with E-state index in [0.29, 0.717) is 5.56 Å². The van der Waals surface area contributed by atoms with E-state index in [1.807, 2.05) is 0 Å². The molecular weight excluding hydrogens is 290 g/mol. The van der Waals surface area contributed by atoms with Gasteiger partial charge in [0.05, 0.1) is 6.20 Å². The minimum atomic E-state index is -4.18. The fourth-order valence-corrected chi connectivity index (χ4v) is 2.71. The van der Waals surface area contributed by atoms with E-state index in [4.69, 9.17) is 5.73 Å². The minimum Gasteiger partial charge on any atom is -0.326 e. The van der Waals surface area contributed by atoms with Crippen LogP contribution in [0.25, 0.3) is 0 Å². The van der Waals surface area contributed by atoms with Crippen LogP contribution in [0.2, 0.25) is 0 Å². The summed E-state index contributed by atoms with van der Waals surface area (Å²) in [6.07, 6.45) is 2.89. The third-order valence-electron chi connectivity index (χ3n) is 2.60. The van der Waals surface area contributed by atoms with Crippen LogP contribution in [0.5, 0.6) is 0 Å². The van der Waals surface area contributed by atoms with Gasteiger partial charge in [0, 0.05) is 24.8 Å². The van der Waals surface area contributed by atoms with Gasteiger partial charge in [-0.3, -0.25) is 5.10 Å². The van der Waals surface area contributed by atoms with Crippen molar-refractivity contribution in [2.24, 2.45) is 5.73 Å². The van der Waals surface area contributed by atoms with Crippen molar-refractivity contribution in [3.63, 3.8) is 0 Å². The van der Waals surface area contributed by atoms with Gasteiger partial charge >= 0.3 is 0 Å². The average Bonchev–Trinajstić information content (AvgIpc) is 2.92. The molecule has 0 saturated heterocycles. The Bertz CT molecular complexity index is 701. The lowest BCUT2D eigenvalue weighted by Gasteiger charge is -2.09. The number of aromatic nitrogens is 2. The van der Waals surface area contributed by atoms with Crippen LogP contribution in [-0.4, -0.2) is 18.6 Å². The van der Waals surface area contributed by atoms with Gasteiger partial charge in [0.15, 0.2) is 11.6 Å². The number of nitrogens with zero attached hydrogens (tertiary/aromatic N) is 1. The number of nitrogens with one attached hydrogen (secondary N) is 2. The van der Waals surface area contributed by atoms with Crippen LogP contribution >= 0.6 is 0 Å². The highest BCUT2D eigenvalue weighted by Gasteiger charge is 2.22. The van der Waals surface area contributed by atoms with Crippen LogP contribution in [0.4, 0.5) is 8.78 Å². The second kappa shape index (κ2) is 5.65. The Hall–Kier alpha value is -1.84. The summed E-state index contributed by atoms with van der Waals surface area (Å²) in [7, 11) is -4.18. The summed E-state index contributed by atoms with van der Waals surface area (Å²) in [6.45, 7) is -0.186. The topological polar surface area (TPSA) is 101 Å². The summed E-state index contributed by atoms with van der Waals surface area (Å²) in [6, 6.07) is 1.88. The normalized spacial score (nSPS) is 11.8. The molecule has 0 amide bonds. The summed E-state index contributed by atoms with van der Waals surface area (Å²) in [5, 5.41) is 6.15. The molecule has 0 bridgehead atoms. The molecule has 0 fully saturated rings. The average molecular weight is 302 g/mol. The summed E-state index contributed by atoms with van der Waals surface area (Å²) in [5.74, 6) is -2.68. The van der Waals surface area contributed by atoms with Crippen molar-refractivity contribution in [2.75, 3.05) is 0 Å². The van der Waals surface area contributed by atoms with Gasteiger partial charge in [0.25, 0.3) is 0 Å². The van der Waals surface area contributed by atoms with Gasteiger partial charge in [-0.25, -0.2) is 21.9 Å². The molecule has 0 saturated carbocycles. The summed E-state index contributed by atoms with van der Waals surface area (Å²) < 4.78 is 53.1. The van der Waals surface area contributed by atoms with Crippen molar-refractivity contribution >= 4 is 10.0 Å². The number of H-pyrrole nitrogens is 1. The van der Waals surface area contributed by atoms with E-state index in [1.165, 1.54) is 12.4 Å². The van der Waals surface area contributed by atoms with Gasteiger partial charge < -0.3 is 5.73 Å². The molecule has 0 spiro atoms. The van der Waals surface area contributed by atoms with Gasteiger partial charge in [-0.2, -0.15) is 5.10 Å². The standard InChI is InChI=1S/C11H12F2N4O2S/c12-9-1-7(3-14)2-10(11(9)13)20(18,19)17-6-8-4-15-16-5-8/h1-2,4-5,17H,3,6,14H2,(H,15,16). The van der Waals surface area contributed by atoms with Crippen LogP contribution in [0, 0.1) is 11.6 Å². The number of rotatable bonds is 5. The Labute approximate surface area is 114 Å². The van der Waals surface area contributed by atoms with Crippen molar-refractivity contribution in [1.29, 1.82) is 0 Å². The lowest BCUT2D eigenvalue weighted by Crippen LogP contribution is -2.24. The van der Waals surface area contributed by atoms with E-state index in [1.54, 1.807) is 0 Å². The van der Waals surface area contributed by atoms with Crippen LogP contribution in [-0.2, 0) is 23.1 Å². The fourth-order valence-electron chi connectivity index (χ4n) is 1.56. The van der Waals surface area contributed by atoms with E-state index in [0.717, 1.165) is 12.1 Å². The molecule has 0 aliphatic rings. The lowest BCUT2D eigenvalue weighted by molar-refractivity contribution is 0.481. The third-order valence-corrected chi connectivity index (χ3v) is 4.00. The monoisotopic (exact) mass is 302 g/mol. The molecule has 2 aromatic rings. The molecule has 4 N–H and O–H groups in total. The zero-order chi connectivity index (χ0) is 14.8. The Morgan fingerprint density at radius 1 is 1.30 bits per heavy atom. The number of benzene rings is 1. The molecule has 0 radical (unpaired) electrons. The highest BCUT2D eigenvalue weighted by Crippen LogP contribution is 2.20. The third kappa shape index (κ3) is 3.00. The SMILES string of the molecule is NCc1cc(F)c(F)c(S(=O)(=O)NCc2cn[nH]c2)c1. The fraction of sp³-hybridized carbons (Fsp3) is 0.182. The summed E-state index contributed by atoms with van der Waals surface area (Å²) in [4.78, 5) is -0.763. The molecule has 20 heavy (non-hydrogen) atoms. The molecule has 0 aliphatic heterocycles. The van der Waals surface area contributed by atoms with E-state index in [9.17, 15) is 17.2 Å². The second-order valence-corrected chi connectivity index (χ2v) is 5.76. The Kier molecular flexibility index (Phi) is 4.12. The predicted molar refractivity (Wildman–Crippen MR) is 66.9 cm³/mol. The van der Waals surface area contributed by atoms with E-state index in [-0.39, 0.29) is 18.7 Å². The molecule has 108 valence electrons. The number of aromatic amines is 1. The number of halogens is 2. The van der Waals surface area contributed by atoms with Gasteiger partial charge in [-0.05, 0) is 17.7 Å². The first-order valence-corrected chi connectivity index (χ1v) is 7.07. The van der Waals surface area contributed by atoms with Crippen LogP contribution in [0.1, 0.15) is 11.1 Å². The second-order valence-electron chi connectivity index (χ2n) is 4.02. The zero-order valence-corrected chi connectivity index (χ0v) is 11.0. The molecule has 9 heteroatoms. The van der Waals surface area contributed by atoms with Crippen molar-refractivity contribution in [1.82, 2.24) is 14.9 Å². The minimum absolute atomic E-state index is 0.0905. The van der Waals surface area contributed by atoms with E-state index >= 15 is 0 Å². The van der Waals surface area contributed by atoms with Gasteiger partial charge in [0.2, 0.25) is 10.0 Å². The van der Waals surface area contributed by atoms with Crippen molar-refractivity contribution in [3.8, 4) is 0 Å². The van der Waals surface area contributed by atoms with Crippen LogP contribution in [0.3, 0.4) is 0 Å². The quantitative estimate of drug-likeness (QED) is 0.754. The van der Waals surface area contributed by atoms with Gasteiger partial charge in [0.1, 0.15) is 4.90 Å². The maximum atomic E-state index is 13.6. The Balaban J connectivity index is 2.31. The Morgan fingerprint density at radius 3 is 2.65 bits per heavy atom. The zero-order valence-electron chi connectivity index (χ0n) is 10.2. The largest absolute Gasteiger partial charge is 0.326 e. The molecule has 1 aromatic carbocycles. The first-order chi connectivity index (χ1) is 9.44. The summed E-state index contributed by atoms with van der Waals surface area (Å²) >= 11 is 0. The maximum Gasteiger partial charge on any atom is 0.243 e. The van der Waals surface area contributed by atoms with E-state index < -0.39 is 26.6 Å². The van der Waals surface area contributed by atoms with Crippen molar-refractivity contribution < 1.29 is 17.2 Å². The Morgan fingerprint density at radius 2 is 2.05 bits per heavy atom. The molecule has 1 heterocycles. The number of sulfonamides is 1. The van der Waals surface area contributed by atoms with Crippen molar-refractivity contribution in [3.05, 3.63) is 47.3 Å². The molecule has 1 aromatic heterocycles. The first-order valence-electron chi connectivity index (χ1n) is 5.59. The van der Waals surface area contributed by atoms with Gasteiger partial charge in [-0.1, -0.05) is 0 Å². The van der Waals surface area contributed by atoms with E-state index in [2.05, 4.69) is 14.9 Å². The molecule has 0 aliphatic carbocycles. The number of hydrogen-bond donors (Lipinski definition) is 3. The molecule has 0 unspecified atom stereocenters. The molecule has 0 atom stereocenters. The number of hydrogen-bond acceptors (Lipinski definition) is 4. The molecule has 6 nitrogen and oxygen atoms in total. The predicted octanol–water partition coefficient (Wildman–Crippen LogP) is 0.625. The van der Waals surface area contributed by atoms with Crippen LogP contribution in [0.15, 0.2) is 29.4 Å². The highest BCUT2D eigenvalue weighted by atomic mass is 32.2. The molecule has 2 rings (SSSR count). The van der Waals surface area contributed by atoms with Gasteiger partial charge in [-0.15, -0.1) is 0 Å². The maximum absolute atomic E-state index is 13.6. The smallest absolute Gasteiger partial charge is 0.243 e. The van der Waals surface area contributed by atoms with Crippen molar-refractivity contribution in [2.45, 2.75) is 18.0 Å². The van der Waals surface area contributed by atoms with Crippen LogP contribution < -0.4 is 10.5 Å². The lowest BCUT2D eigenvalue weighted by atomic mass is 10.2. The first kappa shape index (κ1) is 14.6. The summed E-state index contributed by atoms with van der Waals surface area (Å²) in [5.41, 5.74) is 6.06. The number of nitrogens with two attached hydrogens (primary N) is 1. The highest BCUT2D eigenvalue weighted by molar-refractivity contribution is 7.89.